The zero-order chi connectivity index (χ0) is 14.3. The van der Waals surface area contributed by atoms with Gasteiger partial charge in [0.25, 0.3) is 0 Å². The number of hydrogen-bond donors (Lipinski definition) is 1. The predicted octanol–water partition coefficient (Wildman–Crippen LogP) is 3.41. The van der Waals surface area contributed by atoms with Gasteiger partial charge in [-0.2, -0.15) is 5.10 Å². The fourth-order valence-electron chi connectivity index (χ4n) is 2.16. The van der Waals surface area contributed by atoms with Crippen LogP contribution in [0.1, 0.15) is 10.4 Å². The van der Waals surface area contributed by atoms with Crippen LogP contribution in [0.4, 0.5) is 5.82 Å². The number of aryl methyl sites for hydroxylation is 3. The number of aromatic nitrogens is 3. The van der Waals surface area contributed by atoms with Crippen molar-refractivity contribution >= 4 is 17.2 Å². The molecule has 4 nitrogen and oxygen atoms in total. The van der Waals surface area contributed by atoms with E-state index in [4.69, 9.17) is 5.73 Å². The lowest BCUT2D eigenvalue weighted by molar-refractivity contribution is 0.783. The van der Waals surface area contributed by atoms with E-state index in [-0.39, 0.29) is 0 Å². The van der Waals surface area contributed by atoms with E-state index in [2.05, 4.69) is 30.0 Å². The highest BCUT2D eigenvalue weighted by molar-refractivity contribution is 7.15. The molecule has 102 valence electrons. The Hall–Kier alpha value is -2.14. The number of pyridine rings is 1. The molecule has 20 heavy (non-hydrogen) atoms. The van der Waals surface area contributed by atoms with Crippen LogP contribution in [0, 0.1) is 13.8 Å². The summed E-state index contributed by atoms with van der Waals surface area (Å²) in [5.41, 5.74) is 10.1. The van der Waals surface area contributed by atoms with E-state index in [1.807, 2.05) is 25.2 Å². The number of nitrogens with zero attached hydrogens (tertiary/aromatic N) is 3. The molecule has 0 aliphatic heterocycles. The number of nitrogen functional groups attached to an aromatic ring is 1. The summed E-state index contributed by atoms with van der Waals surface area (Å²) in [6.07, 6.45) is 1.77. The first kappa shape index (κ1) is 12.9. The summed E-state index contributed by atoms with van der Waals surface area (Å²) >= 11 is 1.74. The van der Waals surface area contributed by atoms with E-state index >= 15 is 0 Å². The highest BCUT2D eigenvalue weighted by Crippen LogP contribution is 2.38. The first-order valence-electron chi connectivity index (χ1n) is 6.39. The maximum Gasteiger partial charge on any atom is 0.131 e. The van der Waals surface area contributed by atoms with Crippen molar-refractivity contribution in [3.63, 3.8) is 0 Å². The van der Waals surface area contributed by atoms with Crippen LogP contribution in [0.2, 0.25) is 0 Å². The van der Waals surface area contributed by atoms with Crippen molar-refractivity contribution in [1.82, 2.24) is 14.8 Å². The van der Waals surface area contributed by atoms with Crippen LogP contribution >= 0.6 is 11.3 Å². The Labute approximate surface area is 121 Å². The van der Waals surface area contributed by atoms with Gasteiger partial charge in [-0.25, -0.2) is 0 Å². The smallest absolute Gasteiger partial charge is 0.131 e. The minimum atomic E-state index is 0.641. The molecular formula is C15H16N4S. The van der Waals surface area contributed by atoms with Crippen LogP contribution in [0.5, 0.6) is 0 Å². The van der Waals surface area contributed by atoms with E-state index in [0.29, 0.717) is 5.82 Å². The van der Waals surface area contributed by atoms with Crippen molar-refractivity contribution in [2.45, 2.75) is 13.8 Å². The lowest BCUT2D eigenvalue weighted by atomic mass is 10.1. The Kier molecular flexibility index (Phi) is 3.06. The second kappa shape index (κ2) is 4.76. The summed E-state index contributed by atoms with van der Waals surface area (Å²) in [6, 6.07) is 7.98. The second-order valence-corrected chi connectivity index (χ2v) is 6.05. The Morgan fingerprint density at radius 2 is 2.05 bits per heavy atom. The van der Waals surface area contributed by atoms with E-state index in [9.17, 15) is 0 Å². The maximum atomic E-state index is 6.18. The molecule has 0 fully saturated rings. The van der Waals surface area contributed by atoms with Gasteiger partial charge in [0.15, 0.2) is 0 Å². The van der Waals surface area contributed by atoms with Crippen molar-refractivity contribution in [3.05, 3.63) is 40.9 Å². The first-order chi connectivity index (χ1) is 9.58. The SMILES string of the molecule is Cc1cc(-c2nn(C)c(N)c2-c2ccccn2)sc1C. The van der Waals surface area contributed by atoms with Gasteiger partial charge in [-0.05, 0) is 37.6 Å². The average Bonchev–Trinajstić information content (AvgIpc) is 2.93. The van der Waals surface area contributed by atoms with Crippen molar-refractivity contribution in [1.29, 1.82) is 0 Å². The monoisotopic (exact) mass is 284 g/mol. The summed E-state index contributed by atoms with van der Waals surface area (Å²) in [4.78, 5) is 6.84. The summed E-state index contributed by atoms with van der Waals surface area (Å²) in [5, 5.41) is 4.57. The number of hydrogen-bond acceptors (Lipinski definition) is 4. The number of anilines is 1. The minimum absolute atomic E-state index is 0.641. The Bertz CT molecular complexity index is 736. The van der Waals surface area contributed by atoms with Crippen LogP contribution in [0.15, 0.2) is 30.5 Å². The molecule has 0 saturated heterocycles. The second-order valence-electron chi connectivity index (χ2n) is 4.80. The molecule has 0 radical (unpaired) electrons. The summed E-state index contributed by atoms with van der Waals surface area (Å²) in [6.45, 7) is 4.23. The molecule has 0 aliphatic rings. The fraction of sp³-hybridized carbons (Fsp3) is 0.200. The zero-order valence-electron chi connectivity index (χ0n) is 11.7. The Morgan fingerprint density at radius 1 is 1.25 bits per heavy atom. The minimum Gasteiger partial charge on any atom is -0.383 e. The van der Waals surface area contributed by atoms with Crippen molar-refractivity contribution < 1.29 is 0 Å². The quantitative estimate of drug-likeness (QED) is 0.784. The maximum absolute atomic E-state index is 6.18. The number of rotatable bonds is 2. The van der Waals surface area contributed by atoms with E-state index in [0.717, 1.165) is 21.8 Å². The Balaban J connectivity index is 2.24. The van der Waals surface area contributed by atoms with Gasteiger partial charge < -0.3 is 5.73 Å². The van der Waals surface area contributed by atoms with E-state index < -0.39 is 0 Å². The lowest BCUT2D eigenvalue weighted by Crippen LogP contribution is -1.98. The molecule has 0 amide bonds. The largest absolute Gasteiger partial charge is 0.383 e. The molecule has 2 N–H and O–H groups in total. The zero-order valence-corrected chi connectivity index (χ0v) is 12.5. The number of nitrogens with two attached hydrogens (primary N) is 1. The summed E-state index contributed by atoms with van der Waals surface area (Å²) < 4.78 is 1.71. The van der Waals surface area contributed by atoms with E-state index in [1.54, 1.807) is 22.2 Å². The van der Waals surface area contributed by atoms with Crippen molar-refractivity contribution in [3.8, 4) is 21.8 Å². The third-order valence-electron chi connectivity index (χ3n) is 3.41. The fourth-order valence-corrected chi connectivity index (χ4v) is 3.19. The lowest BCUT2D eigenvalue weighted by Gasteiger charge is -2.01. The normalized spacial score (nSPS) is 10.9. The van der Waals surface area contributed by atoms with Crippen LogP contribution < -0.4 is 5.73 Å². The van der Waals surface area contributed by atoms with Gasteiger partial charge in [0.1, 0.15) is 11.5 Å². The van der Waals surface area contributed by atoms with Gasteiger partial charge >= 0.3 is 0 Å². The van der Waals surface area contributed by atoms with Crippen LogP contribution in [-0.4, -0.2) is 14.8 Å². The molecule has 0 aromatic carbocycles. The van der Waals surface area contributed by atoms with Gasteiger partial charge in [-0.15, -0.1) is 11.3 Å². The van der Waals surface area contributed by atoms with Crippen LogP contribution in [0.3, 0.4) is 0 Å². The molecule has 3 heterocycles. The molecule has 0 spiro atoms. The van der Waals surface area contributed by atoms with Crippen LogP contribution in [0.25, 0.3) is 21.8 Å². The van der Waals surface area contributed by atoms with Crippen LogP contribution in [-0.2, 0) is 7.05 Å². The molecule has 0 unspecified atom stereocenters. The summed E-state index contributed by atoms with van der Waals surface area (Å²) in [5.74, 6) is 0.641. The predicted molar refractivity (Wildman–Crippen MR) is 83.6 cm³/mol. The third-order valence-corrected chi connectivity index (χ3v) is 4.57. The molecule has 5 heteroatoms. The molecular weight excluding hydrogens is 268 g/mol. The van der Waals surface area contributed by atoms with Crippen molar-refractivity contribution in [2.24, 2.45) is 7.05 Å². The first-order valence-corrected chi connectivity index (χ1v) is 7.21. The highest BCUT2D eigenvalue weighted by Gasteiger charge is 2.19. The molecule has 3 rings (SSSR count). The Morgan fingerprint density at radius 3 is 2.65 bits per heavy atom. The molecule has 0 saturated carbocycles. The van der Waals surface area contributed by atoms with E-state index in [1.165, 1.54) is 10.4 Å². The summed E-state index contributed by atoms with van der Waals surface area (Å²) in [7, 11) is 1.86. The third kappa shape index (κ3) is 2.00. The molecule has 0 atom stereocenters. The van der Waals surface area contributed by atoms with Gasteiger partial charge in [-0.1, -0.05) is 6.07 Å². The van der Waals surface area contributed by atoms with Gasteiger partial charge in [-0.3, -0.25) is 9.67 Å². The molecule has 0 aliphatic carbocycles. The van der Waals surface area contributed by atoms with Gasteiger partial charge in [0, 0.05) is 18.1 Å². The molecule has 3 aromatic heterocycles. The average molecular weight is 284 g/mol. The van der Waals surface area contributed by atoms with Gasteiger partial charge in [0.2, 0.25) is 0 Å². The van der Waals surface area contributed by atoms with Crippen molar-refractivity contribution in [2.75, 3.05) is 5.73 Å². The topological polar surface area (TPSA) is 56.7 Å². The molecule has 0 bridgehead atoms. The standard InChI is InChI=1S/C15H16N4S/c1-9-8-12(20-10(9)2)14-13(15(16)19(3)18-14)11-6-4-5-7-17-11/h4-8H,16H2,1-3H3. The molecule has 3 aromatic rings. The van der Waals surface area contributed by atoms with Gasteiger partial charge in [0.05, 0.1) is 16.1 Å². The number of thiophene rings is 1. The highest BCUT2D eigenvalue weighted by atomic mass is 32.1.